The monoisotopic (exact) mass is 153 g/mol. The van der Waals surface area contributed by atoms with Crippen molar-refractivity contribution in [3.63, 3.8) is 0 Å². The average molecular weight is 153 g/mol. The third-order valence-corrected chi connectivity index (χ3v) is 1.71. The summed E-state index contributed by atoms with van der Waals surface area (Å²) in [6.07, 6.45) is 0. The Morgan fingerprint density at radius 2 is 2.18 bits per heavy atom. The highest BCUT2D eigenvalue weighted by molar-refractivity contribution is 5.74. The van der Waals surface area contributed by atoms with E-state index < -0.39 is 5.60 Å². The maximum absolute atomic E-state index is 10.7. The minimum atomic E-state index is -0.930. The second kappa shape index (κ2) is 2.55. The molecule has 0 aromatic heterocycles. The summed E-state index contributed by atoms with van der Waals surface area (Å²) < 4.78 is 0. The summed E-state index contributed by atoms with van der Waals surface area (Å²) in [7, 11) is 0. The van der Waals surface area contributed by atoms with E-state index in [0.29, 0.717) is 13.1 Å². The zero-order chi connectivity index (χ0) is 8.48. The predicted octanol–water partition coefficient (Wildman–Crippen LogP) is -0.397. The summed E-state index contributed by atoms with van der Waals surface area (Å²) in [5, 5.41) is 9.46. The molecule has 3 nitrogen and oxygen atoms in total. The molecule has 1 aliphatic heterocycles. The molecule has 0 aliphatic carbocycles. The number of rotatable bonds is 0. The molecule has 0 unspecified atom stereocenters. The van der Waals surface area contributed by atoms with Crippen LogP contribution in [0.3, 0.4) is 0 Å². The van der Waals surface area contributed by atoms with Gasteiger partial charge in [0.1, 0.15) is 0 Å². The van der Waals surface area contributed by atoms with Gasteiger partial charge in [0.2, 0.25) is 5.91 Å². The second-order valence-electron chi connectivity index (χ2n) is 2.78. The fourth-order valence-electron chi connectivity index (χ4n) is 1.12. The summed E-state index contributed by atoms with van der Waals surface area (Å²) >= 11 is 0. The van der Waals surface area contributed by atoms with E-state index in [4.69, 9.17) is 0 Å². The Balaban J connectivity index is 2.48. The standard InChI is InChI=1S/C8H11NO2/c1-3-4-8(11)5-9(6-8)7(2)10/h11H,5-6H2,1-2H3. The molecule has 0 bridgehead atoms. The normalized spacial score (nSPS) is 19.7. The van der Waals surface area contributed by atoms with Gasteiger partial charge in [0.05, 0.1) is 13.1 Å². The number of nitrogens with zero attached hydrogens (tertiary/aromatic N) is 1. The first kappa shape index (κ1) is 8.09. The molecule has 1 fully saturated rings. The van der Waals surface area contributed by atoms with Gasteiger partial charge in [0.15, 0.2) is 5.60 Å². The van der Waals surface area contributed by atoms with Crippen molar-refractivity contribution in [1.29, 1.82) is 0 Å². The molecule has 11 heavy (non-hydrogen) atoms. The first-order valence-electron chi connectivity index (χ1n) is 3.49. The van der Waals surface area contributed by atoms with Crippen molar-refractivity contribution in [2.24, 2.45) is 0 Å². The Kier molecular flexibility index (Phi) is 1.88. The zero-order valence-electron chi connectivity index (χ0n) is 6.72. The average Bonchev–Trinajstić information content (AvgIpc) is 1.82. The molecule has 60 valence electrons. The van der Waals surface area contributed by atoms with Gasteiger partial charge in [-0.2, -0.15) is 0 Å². The molecule has 0 aromatic carbocycles. The number of aliphatic hydroxyl groups is 1. The minimum absolute atomic E-state index is 0.00687. The molecule has 0 aromatic rings. The van der Waals surface area contributed by atoms with Crippen molar-refractivity contribution in [3.8, 4) is 11.8 Å². The zero-order valence-corrected chi connectivity index (χ0v) is 6.72. The van der Waals surface area contributed by atoms with Gasteiger partial charge in [-0.1, -0.05) is 5.92 Å². The lowest BCUT2D eigenvalue weighted by molar-refractivity contribution is -0.144. The first-order chi connectivity index (χ1) is 5.07. The SMILES string of the molecule is CC#CC1(O)CN(C(C)=O)C1. The molecule has 1 aliphatic rings. The molecule has 0 atom stereocenters. The second-order valence-corrected chi connectivity index (χ2v) is 2.78. The topological polar surface area (TPSA) is 40.5 Å². The lowest BCUT2D eigenvalue weighted by atomic mass is 9.95. The highest BCUT2D eigenvalue weighted by Crippen LogP contribution is 2.19. The molecular weight excluding hydrogens is 142 g/mol. The van der Waals surface area contributed by atoms with Gasteiger partial charge in [-0.15, -0.1) is 5.92 Å². The molecule has 0 radical (unpaired) electrons. The van der Waals surface area contributed by atoms with Crippen LogP contribution in [0.4, 0.5) is 0 Å². The van der Waals surface area contributed by atoms with Crippen molar-refractivity contribution >= 4 is 5.91 Å². The molecule has 1 saturated heterocycles. The van der Waals surface area contributed by atoms with Crippen molar-refractivity contribution in [2.75, 3.05) is 13.1 Å². The maximum atomic E-state index is 10.7. The fourth-order valence-corrected chi connectivity index (χ4v) is 1.12. The van der Waals surface area contributed by atoms with Crippen LogP contribution in [0.1, 0.15) is 13.8 Å². The summed E-state index contributed by atoms with van der Waals surface area (Å²) in [6.45, 7) is 3.86. The van der Waals surface area contributed by atoms with Gasteiger partial charge in [0.25, 0.3) is 0 Å². The van der Waals surface area contributed by atoms with Gasteiger partial charge in [-0.3, -0.25) is 4.79 Å². The number of likely N-dealkylation sites (tertiary alicyclic amines) is 1. The smallest absolute Gasteiger partial charge is 0.219 e. The van der Waals surface area contributed by atoms with Gasteiger partial charge in [0, 0.05) is 6.92 Å². The van der Waals surface area contributed by atoms with Crippen molar-refractivity contribution in [2.45, 2.75) is 19.4 Å². The summed E-state index contributed by atoms with van der Waals surface area (Å²) in [5.41, 5.74) is -0.930. The van der Waals surface area contributed by atoms with E-state index in [9.17, 15) is 9.90 Å². The molecule has 3 heteroatoms. The molecule has 1 heterocycles. The van der Waals surface area contributed by atoms with E-state index in [1.807, 2.05) is 0 Å². The quantitative estimate of drug-likeness (QED) is 0.481. The lowest BCUT2D eigenvalue weighted by Crippen LogP contribution is -2.62. The Hall–Kier alpha value is -1.01. The number of hydrogen-bond donors (Lipinski definition) is 1. The van der Waals surface area contributed by atoms with Crippen LogP contribution in [-0.4, -0.2) is 34.6 Å². The van der Waals surface area contributed by atoms with Crippen molar-refractivity contribution in [3.05, 3.63) is 0 Å². The first-order valence-corrected chi connectivity index (χ1v) is 3.49. The number of hydrogen-bond acceptors (Lipinski definition) is 2. The summed E-state index contributed by atoms with van der Waals surface area (Å²) in [5.74, 6) is 5.28. The Bertz CT molecular complexity index is 230. The highest BCUT2D eigenvalue weighted by atomic mass is 16.3. The van der Waals surface area contributed by atoms with Crippen LogP contribution in [0.25, 0.3) is 0 Å². The van der Waals surface area contributed by atoms with Crippen molar-refractivity contribution < 1.29 is 9.90 Å². The minimum Gasteiger partial charge on any atom is -0.374 e. The third-order valence-electron chi connectivity index (χ3n) is 1.71. The van der Waals surface area contributed by atoms with Gasteiger partial charge in [-0.05, 0) is 6.92 Å². The van der Waals surface area contributed by atoms with Crippen LogP contribution in [0.5, 0.6) is 0 Å². The molecular formula is C8H11NO2. The largest absolute Gasteiger partial charge is 0.374 e. The summed E-state index contributed by atoms with van der Waals surface area (Å²) in [6, 6.07) is 0. The van der Waals surface area contributed by atoms with Crippen LogP contribution >= 0.6 is 0 Å². The Morgan fingerprint density at radius 3 is 2.55 bits per heavy atom. The third kappa shape index (κ3) is 1.52. The van der Waals surface area contributed by atoms with Crippen LogP contribution in [0.2, 0.25) is 0 Å². The Morgan fingerprint density at radius 1 is 1.64 bits per heavy atom. The number of β-amino-alcohol motifs (C(OH)–C–C–N with tert-alkyl or cyclic N) is 1. The number of carbonyl (C=O) groups is 1. The molecule has 0 spiro atoms. The van der Waals surface area contributed by atoms with E-state index >= 15 is 0 Å². The van der Waals surface area contributed by atoms with Gasteiger partial charge in [-0.25, -0.2) is 0 Å². The number of carbonyl (C=O) groups excluding carboxylic acids is 1. The lowest BCUT2D eigenvalue weighted by Gasteiger charge is -2.42. The van der Waals surface area contributed by atoms with E-state index in [1.165, 1.54) is 6.92 Å². The van der Waals surface area contributed by atoms with E-state index in [0.717, 1.165) is 0 Å². The summed E-state index contributed by atoms with van der Waals surface area (Å²) in [4.78, 5) is 12.2. The molecule has 1 amide bonds. The van der Waals surface area contributed by atoms with Gasteiger partial charge < -0.3 is 10.0 Å². The van der Waals surface area contributed by atoms with Crippen LogP contribution in [0, 0.1) is 11.8 Å². The van der Waals surface area contributed by atoms with Crippen molar-refractivity contribution in [1.82, 2.24) is 4.90 Å². The molecule has 1 rings (SSSR count). The Labute approximate surface area is 66.0 Å². The fraction of sp³-hybridized carbons (Fsp3) is 0.625. The van der Waals surface area contributed by atoms with Crippen LogP contribution in [0.15, 0.2) is 0 Å². The van der Waals surface area contributed by atoms with Crippen LogP contribution < -0.4 is 0 Å². The predicted molar refractivity (Wildman–Crippen MR) is 40.7 cm³/mol. The number of amides is 1. The maximum Gasteiger partial charge on any atom is 0.219 e. The van der Waals surface area contributed by atoms with E-state index in [1.54, 1.807) is 11.8 Å². The van der Waals surface area contributed by atoms with Gasteiger partial charge >= 0.3 is 0 Å². The van der Waals surface area contributed by atoms with E-state index in [2.05, 4.69) is 11.8 Å². The molecule has 1 N–H and O–H groups in total. The molecule has 0 saturated carbocycles. The van der Waals surface area contributed by atoms with Crippen LogP contribution in [-0.2, 0) is 4.79 Å². The highest BCUT2D eigenvalue weighted by Gasteiger charge is 2.40. The van der Waals surface area contributed by atoms with E-state index in [-0.39, 0.29) is 5.91 Å².